The van der Waals surface area contributed by atoms with Crippen molar-refractivity contribution >= 4 is 27.0 Å². The summed E-state index contributed by atoms with van der Waals surface area (Å²) < 4.78 is 26.8. The predicted octanol–water partition coefficient (Wildman–Crippen LogP) is 2.04. The lowest BCUT2D eigenvalue weighted by atomic mass is 9.89. The largest absolute Gasteiger partial charge is 0.398 e. The molecule has 0 fully saturated rings. The first kappa shape index (κ1) is 13.5. The van der Waals surface area contributed by atoms with Gasteiger partial charge in [0.25, 0.3) is 0 Å². The van der Waals surface area contributed by atoms with Crippen molar-refractivity contribution in [2.75, 3.05) is 5.73 Å². The highest BCUT2D eigenvalue weighted by molar-refractivity contribution is 7.91. The number of nitrogen functional groups attached to an aromatic ring is 1. The van der Waals surface area contributed by atoms with Crippen molar-refractivity contribution in [1.29, 1.82) is 0 Å². The second-order valence-corrected chi connectivity index (χ2v) is 7.76. The standard InChI is InChI=1S/C10H18N2O2S2/c1-7(10(2,3)4)12-16(13,14)9-5-8(11)6-15-9/h5-7,12H,11H2,1-4H3. The predicted molar refractivity (Wildman–Crippen MR) is 68.0 cm³/mol. The third-order valence-corrected chi connectivity index (χ3v) is 5.49. The number of sulfonamides is 1. The van der Waals surface area contributed by atoms with Gasteiger partial charge in [0.05, 0.1) is 0 Å². The molecule has 0 aliphatic heterocycles. The number of nitrogens with two attached hydrogens (primary N) is 1. The van der Waals surface area contributed by atoms with Crippen LogP contribution >= 0.6 is 11.3 Å². The molecule has 1 rings (SSSR count). The topological polar surface area (TPSA) is 72.2 Å². The number of anilines is 1. The van der Waals surface area contributed by atoms with E-state index in [0.717, 1.165) is 11.3 Å². The molecule has 0 saturated heterocycles. The molecule has 0 bridgehead atoms. The van der Waals surface area contributed by atoms with Gasteiger partial charge in [-0.15, -0.1) is 11.3 Å². The molecule has 92 valence electrons. The molecular formula is C10H18N2O2S2. The quantitative estimate of drug-likeness (QED) is 0.875. The minimum Gasteiger partial charge on any atom is -0.398 e. The Morgan fingerprint density at radius 2 is 2.00 bits per heavy atom. The van der Waals surface area contributed by atoms with Gasteiger partial charge in [-0.05, 0) is 18.4 Å². The number of rotatable bonds is 3. The summed E-state index contributed by atoms with van der Waals surface area (Å²) in [5, 5.41) is 1.62. The summed E-state index contributed by atoms with van der Waals surface area (Å²) in [5.41, 5.74) is 5.88. The minimum atomic E-state index is -3.43. The first-order valence-electron chi connectivity index (χ1n) is 4.99. The van der Waals surface area contributed by atoms with Gasteiger partial charge in [0, 0.05) is 17.1 Å². The average molecular weight is 262 g/mol. The van der Waals surface area contributed by atoms with Crippen molar-refractivity contribution in [1.82, 2.24) is 4.72 Å². The van der Waals surface area contributed by atoms with Crippen molar-refractivity contribution in [3.63, 3.8) is 0 Å². The zero-order chi connectivity index (χ0) is 12.6. The smallest absolute Gasteiger partial charge is 0.250 e. The van der Waals surface area contributed by atoms with E-state index in [4.69, 9.17) is 5.73 Å². The van der Waals surface area contributed by atoms with Gasteiger partial charge in [-0.3, -0.25) is 0 Å². The van der Waals surface area contributed by atoms with Gasteiger partial charge in [0.1, 0.15) is 4.21 Å². The third-order valence-electron chi connectivity index (χ3n) is 2.49. The van der Waals surface area contributed by atoms with Crippen LogP contribution in [-0.4, -0.2) is 14.5 Å². The molecular weight excluding hydrogens is 244 g/mol. The van der Waals surface area contributed by atoms with Gasteiger partial charge in [0.2, 0.25) is 10.0 Å². The summed E-state index contributed by atoms with van der Waals surface area (Å²) in [5.74, 6) is 0. The van der Waals surface area contributed by atoms with Gasteiger partial charge in [0.15, 0.2) is 0 Å². The summed E-state index contributed by atoms with van der Waals surface area (Å²) in [6.07, 6.45) is 0. The fraction of sp³-hybridized carbons (Fsp3) is 0.600. The van der Waals surface area contributed by atoms with E-state index in [-0.39, 0.29) is 15.7 Å². The maximum absolute atomic E-state index is 11.9. The number of hydrogen-bond donors (Lipinski definition) is 2. The Morgan fingerprint density at radius 3 is 2.38 bits per heavy atom. The van der Waals surface area contributed by atoms with Crippen molar-refractivity contribution < 1.29 is 8.42 Å². The van der Waals surface area contributed by atoms with E-state index >= 15 is 0 Å². The molecule has 1 atom stereocenters. The van der Waals surface area contributed by atoms with Crippen LogP contribution in [-0.2, 0) is 10.0 Å². The van der Waals surface area contributed by atoms with Crippen LogP contribution in [0.5, 0.6) is 0 Å². The number of hydrogen-bond acceptors (Lipinski definition) is 4. The van der Waals surface area contributed by atoms with Crippen LogP contribution in [0.25, 0.3) is 0 Å². The monoisotopic (exact) mass is 262 g/mol. The van der Waals surface area contributed by atoms with Crippen molar-refractivity contribution in [3.8, 4) is 0 Å². The van der Waals surface area contributed by atoms with E-state index in [1.807, 2.05) is 27.7 Å². The van der Waals surface area contributed by atoms with Gasteiger partial charge in [-0.2, -0.15) is 0 Å². The van der Waals surface area contributed by atoms with Crippen molar-refractivity contribution in [2.24, 2.45) is 5.41 Å². The Kier molecular flexibility index (Phi) is 3.66. The van der Waals surface area contributed by atoms with Gasteiger partial charge in [-0.25, -0.2) is 13.1 Å². The zero-order valence-corrected chi connectivity index (χ0v) is 11.6. The molecule has 0 radical (unpaired) electrons. The van der Waals surface area contributed by atoms with Crippen LogP contribution in [0.3, 0.4) is 0 Å². The average Bonchev–Trinajstić information content (AvgIpc) is 2.49. The number of nitrogens with one attached hydrogen (secondary N) is 1. The SMILES string of the molecule is CC(NS(=O)(=O)c1cc(N)cs1)C(C)(C)C. The minimum absolute atomic E-state index is 0.115. The van der Waals surface area contributed by atoms with Crippen LogP contribution < -0.4 is 10.5 Å². The van der Waals surface area contributed by atoms with Crippen LogP contribution in [0.15, 0.2) is 15.7 Å². The molecule has 1 aromatic rings. The summed E-state index contributed by atoms with van der Waals surface area (Å²) in [6.45, 7) is 7.82. The maximum Gasteiger partial charge on any atom is 0.250 e. The molecule has 3 N–H and O–H groups in total. The normalized spacial score (nSPS) is 15.0. The third kappa shape index (κ3) is 3.20. The van der Waals surface area contributed by atoms with Crippen LogP contribution in [0, 0.1) is 5.41 Å². The Hall–Kier alpha value is -0.590. The molecule has 1 heterocycles. The lowest BCUT2D eigenvalue weighted by Crippen LogP contribution is -2.41. The van der Waals surface area contributed by atoms with Crippen LogP contribution in [0.4, 0.5) is 5.69 Å². The summed E-state index contributed by atoms with van der Waals surface area (Å²) in [6, 6.07) is 1.34. The Morgan fingerprint density at radius 1 is 1.44 bits per heavy atom. The number of thiophene rings is 1. The molecule has 1 aromatic heterocycles. The fourth-order valence-electron chi connectivity index (χ4n) is 0.939. The first-order valence-corrected chi connectivity index (χ1v) is 7.35. The molecule has 0 aliphatic rings. The van der Waals surface area contributed by atoms with Crippen molar-refractivity contribution in [2.45, 2.75) is 37.9 Å². The lowest BCUT2D eigenvalue weighted by molar-refractivity contribution is 0.318. The van der Waals surface area contributed by atoms with E-state index < -0.39 is 10.0 Å². The van der Waals surface area contributed by atoms with E-state index in [2.05, 4.69) is 4.72 Å². The highest BCUT2D eigenvalue weighted by atomic mass is 32.2. The zero-order valence-electron chi connectivity index (χ0n) is 9.94. The lowest BCUT2D eigenvalue weighted by Gasteiger charge is -2.27. The highest BCUT2D eigenvalue weighted by Gasteiger charge is 2.26. The van der Waals surface area contributed by atoms with E-state index in [1.54, 1.807) is 5.38 Å². The fourth-order valence-corrected chi connectivity index (χ4v) is 3.48. The molecule has 0 saturated carbocycles. The van der Waals surface area contributed by atoms with Gasteiger partial charge >= 0.3 is 0 Å². The van der Waals surface area contributed by atoms with Gasteiger partial charge in [-0.1, -0.05) is 20.8 Å². The summed E-state index contributed by atoms with van der Waals surface area (Å²) >= 11 is 1.13. The van der Waals surface area contributed by atoms with E-state index in [1.165, 1.54) is 6.07 Å². The van der Waals surface area contributed by atoms with Crippen LogP contribution in [0.1, 0.15) is 27.7 Å². The molecule has 4 nitrogen and oxygen atoms in total. The maximum atomic E-state index is 11.9. The van der Waals surface area contributed by atoms with Crippen LogP contribution in [0.2, 0.25) is 0 Å². The second-order valence-electron chi connectivity index (χ2n) is 4.91. The van der Waals surface area contributed by atoms with E-state index in [0.29, 0.717) is 5.69 Å². The van der Waals surface area contributed by atoms with Gasteiger partial charge < -0.3 is 5.73 Å². The summed E-state index contributed by atoms with van der Waals surface area (Å²) in [7, 11) is -3.43. The Labute approximate surface area is 101 Å². The summed E-state index contributed by atoms with van der Waals surface area (Å²) in [4.78, 5) is 0. The molecule has 0 aromatic carbocycles. The Balaban J connectivity index is 2.89. The second kappa shape index (κ2) is 4.35. The molecule has 0 aliphatic carbocycles. The molecule has 0 amide bonds. The Bertz CT molecular complexity index is 457. The first-order chi connectivity index (χ1) is 7.13. The van der Waals surface area contributed by atoms with Crippen molar-refractivity contribution in [3.05, 3.63) is 11.4 Å². The molecule has 6 heteroatoms. The molecule has 16 heavy (non-hydrogen) atoms. The van der Waals surface area contributed by atoms with E-state index in [9.17, 15) is 8.42 Å². The highest BCUT2D eigenvalue weighted by Crippen LogP contribution is 2.24. The molecule has 1 unspecified atom stereocenters. The molecule has 0 spiro atoms.